The van der Waals surface area contributed by atoms with E-state index in [0.717, 1.165) is 11.1 Å². The first-order valence-electron chi connectivity index (χ1n) is 6.38. The maximum atomic E-state index is 13.9. The van der Waals surface area contributed by atoms with Crippen molar-refractivity contribution < 1.29 is 9.13 Å². The maximum absolute atomic E-state index is 13.9. The molecule has 0 unspecified atom stereocenters. The molecule has 106 valence electrons. The predicted octanol–water partition coefficient (Wildman–Crippen LogP) is 4.91. The van der Waals surface area contributed by atoms with Crippen molar-refractivity contribution in [2.24, 2.45) is 5.73 Å². The fourth-order valence-electron chi connectivity index (χ4n) is 2.22. The van der Waals surface area contributed by atoms with E-state index in [0.29, 0.717) is 22.1 Å². The van der Waals surface area contributed by atoms with Crippen LogP contribution in [-0.2, 0) is 0 Å². The van der Waals surface area contributed by atoms with Gasteiger partial charge in [0.2, 0.25) is 0 Å². The average molecular weight is 294 g/mol. The standard InChI is InChI=1S/C16H17ClFNO/c1-9-7-12(17)8-10(2)16(9)20-14-6-4-5-13(18)15(14)11(3)19/h4-8,11H,19H2,1-3H3/t11-/m0/s1. The van der Waals surface area contributed by atoms with E-state index < -0.39 is 6.04 Å². The molecular weight excluding hydrogens is 277 g/mol. The third-order valence-corrected chi connectivity index (χ3v) is 3.32. The number of rotatable bonds is 3. The highest BCUT2D eigenvalue weighted by molar-refractivity contribution is 6.30. The molecule has 2 N–H and O–H groups in total. The van der Waals surface area contributed by atoms with Gasteiger partial charge in [0, 0.05) is 16.6 Å². The topological polar surface area (TPSA) is 35.2 Å². The molecule has 0 radical (unpaired) electrons. The summed E-state index contributed by atoms with van der Waals surface area (Å²) in [6.07, 6.45) is 0. The normalized spacial score (nSPS) is 12.3. The van der Waals surface area contributed by atoms with Gasteiger partial charge in [-0.15, -0.1) is 0 Å². The van der Waals surface area contributed by atoms with Crippen LogP contribution in [0, 0.1) is 19.7 Å². The molecule has 0 aliphatic carbocycles. The summed E-state index contributed by atoms with van der Waals surface area (Å²) in [5.74, 6) is 0.761. The van der Waals surface area contributed by atoms with Crippen molar-refractivity contribution in [2.75, 3.05) is 0 Å². The summed E-state index contributed by atoms with van der Waals surface area (Å²) in [4.78, 5) is 0. The monoisotopic (exact) mass is 293 g/mol. The second-order valence-electron chi connectivity index (χ2n) is 4.91. The highest BCUT2D eigenvalue weighted by atomic mass is 35.5. The van der Waals surface area contributed by atoms with Crippen LogP contribution in [-0.4, -0.2) is 0 Å². The molecule has 0 heterocycles. The Morgan fingerprint density at radius 2 is 1.80 bits per heavy atom. The van der Waals surface area contributed by atoms with Gasteiger partial charge in [0.25, 0.3) is 0 Å². The molecule has 20 heavy (non-hydrogen) atoms. The summed E-state index contributed by atoms with van der Waals surface area (Å²) in [5.41, 5.74) is 8.00. The molecule has 2 rings (SSSR count). The lowest BCUT2D eigenvalue weighted by molar-refractivity contribution is 0.454. The van der Waals surface area contributed by atoms with Crippen molar-refractivity contribution in [1.29, 1.82) is 0 Å². The molecule has 2 aromatic rings. The Bertz CT molecular complexity index is 617. The molecule has 0 aliphatic rings. The van der Waals surface area contributed by atoms with Gasteiger partial charge in [0.15, 0.2) is 0 Å². The van der Waals surface area contributed by atoms with Crippen molar-refractivity contribution >= 4 is 11.6 Å². The van der Waals surface area contributed by atoms with Gasteiger partial charge in [-0.3, -0.25) is 0 Å². The first-order chi connectivity index (χ1) is 9.40. The van der Waals surface area contributed by atoms with E-state index in [4.69, 9.17) is 22.1 Å². The zero-order valence-corrected chi connectivity index (χ0v) is 12.5. The summed E-state index contributed by atoms with van der Waals surface area (Å²) in [7, 11) is 0. The molecule has 0 bridgehead atoms. The molecule has 4 heteroatoms. The minimum absolute atomic E-state index is 0.359. The Hall–Kier alpha value is -1.58. The summed E-state index contributed by atoms with van der Waals surface area (Å²) < 4.78 is 19.8. The number of hydrogen-bond acceptors (Lipinski definition) is 2. The Morgan fingerprint density at radius 1 is 1.20 bits per heavy atom. The molecule has 1 atom stereocenters. The van der Waals surface area contributed by atoms with Crippen LogP contribution < -0.4 is 10.5 Å². The van der Waals surface area contributed by atoms with Crippen LogP contribution in [0.2, 0.25) is 5.02 Å². The van der Waals surface area contributed by atoms with E-state index in [2.05, 4.69) is 0 Å². The van der Waals surface area contributed by atoms with Gasteiger partial charge in [0.05, 0.1) is 0 Å². The first-order valence-corrected chi connectivity index (χ1v) is 6.76. The van der Waals surface area contributed by atoms with Gasteiger partial charge >= 0.3 is 0 Å². The van der Waals surface area contributed by atoms with Gasteiger partial charge < -0.3 is 10.5 Å². The molecule has 0 aliphatic heterocycles. The quantitative estimate of drug-likeness (QED) is 0.873. The maximum Gasteiger partial charge on any atom is 0.135 e. The van der Waals surface area contributed by atoms with Gasteiger partial charge in [0.1, 0.15) is 17.3 Å². The van der Waals surface area contributed by atoms with Gasteiger partial charge in [-0.25, -0.2) is 4.39 Å². The largest absolute Gasteiger partial charge is 0.456 e. The Labute approximate surface area is 123 Å². The fraction of sp³-hybridized carbons (Fsp3) is 0.250. The molecule has 0 aromatic heterocycles. The van der Waals surface area contributed by atoms with Crippen molar-refractivity contribution in [1.82, 2.24) is 0 Å². The molecule has 2 nitrogen and oxygen atoms in total. The van der Waals surface area contributed by atoms with Crippen molar-refractivity contribution in [3.8, 4) is 11.5 Å². The molecule has 0 saturated heterocycles. The zero-order valence-electron chi connectivity index (χ0n) is 11.7. The third kappa shape index (κ3) is 2.94. The van der Waals surface area contributed by atoms with E-state index in [-0.39, 0.29) is 5.82 Å². The van der Waals surface area contributed by atoms with E-state index in [1.165, 1.54) is 6.07 Å². The predicted molar refractivity (Wildman–Crippen MR) is 80.0 cm³/mol. The van der Waals surface area contributed by atoms with E-state index in [9.17, 15) is 4.39 Å². The van der Waals surface area contributed by atoms with Crippen molar-refractivity contribution in [3.05, 3.63) is 57.9 Å². The van der Waals surface area contributed by atoms with Crippen LogP contribution in [0.5, 0.6) is 11.5 Å². The second kappa shape index (κ2) is 5.81. The first kappa shape index (κ1) is 14.8. The number of halogens is 2. The number of hydrogen-bond donors (Lipinski definition) is 1. The summed E-state index contributed by atoms with van der Waals surface area (Å²) in [5, 5.41) is 0.652. The van der Waals surface area contributed by atoms with Crippen molar-refractivity contribution in [3.63, 3.8) is 0 Å². The Morgan fingerprint density at radius 3 is 2.35 bits per heavy atom. The van der Waals surface area contributed by atoms with Crippen LogP contribution in [0.3, 0.4) is 0 Å². The van der Waals surface area contributed by atoms with E-state index in [1.54, 1.807) is 19.1 Å². The highest BCUT2D eigenvalue weighted by Crippen LogP contribution is 2.35. The number of aryl methyl sites for hydroxylation is 2. The number of ether oxygens (including phenoxy) is 1. The molecule has 0 fully saturated rings. The lowest BCUT2D eigenvalue weighted by atomic mass is 10.1. The Kier molecular flexibility index (Phi) is 4.31. The lowest BCUT2D eigenvalue weighted by Crippen LogP contribution is -2.09. The van der Waals surface area contributed by atoms with E-state index >= 15 is 0 Å². The Balaban J connectivity index is 2.48. The molecule has 0 amide bonds. The van der Waals surface area contributed by atoms with Crippen LogP contribution in [0.4, 0.5) is 4.39 Å². The molecule has 2 aromatic carbocycles. The molecule has 0 saturated carbocycles. The highest BCUT2D eigenvalue weighted by Gasteiger charge is 2.16. The fourth-order valence-corrected chi connectivity index (χ4v) is 2.54. The van der Waals surface area contributed by atoms with Crippen LogP contribution in [0.15, 0.2) is 30.3 Å². The summed E-state index contributed by atoms with van der Waals surface area (Å²) >= 11 is 6.00. The third-order valence-electron chi connectivity index (χ3n) is 3.11. The molecular formula is C16H17ClFNO. The van der Waals surface area contributed by atoms with Gasteiger partial charge in [-0.05, 0) is 56.2 Å². The zero-order chi connectivity index (χ0) is 14.9. The smallest absolute Gasteiger partial charge is 0.135 e. The van der Waals surface area contributed by atoms with Crippen LogP contribution in [0.1, 0.15) is 29.7 Å². The number of benzene rings is 2. The summed E-state index contributed by atoms with van der Waals surface area (Å²) in [6, 6.07) is 7.89. The minimum Gasteiger partial charge on any atom is -0.456 e. The van der Waals surface area contributed by atoms with Crippen molar-refractivity contribution in [2.45, 2.75) is 26.8 Å². The minimum atomic E-state index is -0.445. The van der Waals surface area contributed by atoms with Gasteiger partial charge in [-0.1, -0.05) is 17.7 Å². The van der Waals surface area contributed by atoms with E-state index in [1.807, 2.05) is 26.0 Å². The molecule has 0 spiro atoms. The second-order valence-corrected chi connectivity index (χ2v) is 5.35. The van der Waals surface area contributed by atoms with Crippen LogP contribution >= 0.6 is 11.6 Å². The lowest BCUT2D eigenvalue weighted by Gasteiger charge is -2.17. The SMILES string of the molecule is Cc1cc(Cl)cc(C)c1Oc1cccc(F)c1[C@H](C)N. The van der Waals surface area contributed by atoms with Gasteiger partial charge in [-0.2, -0.15) is 0 Å². The van der Waals surface area contributed by atoms with Crippen LogP contribution in [0.25, 0.3) is 0 Å². The average Bonchev–Trinajstić information content (AvgIpc) is 2.33. The number of nitrogens with two attached hydrogens (primary N) is 1. The summed E-state index contributed by atoms with van der Waals surface area (Å²) in [6.45, 7) is 5.53.